The van der Waals surface area contributed by atoms with Crippen molar-refractivity contribution in [1.82, 2.24) is 18.9 Å². The van der Waals surface area contributed by atoms with E-state index in [9.17, 15) is 4.79 Å². The Labute approximate surface area is 312 Å². The fourth-order valence-corrected chi connectivity index (χ4v) is 7.11. The van der Waals surface area contributed by atoms with E-state index in [2.05, 4.69) is 31.3 Å². The van der Waals surface area contributed by atoms with E-state index in [0.717, 1.165) is 70.0 Å². The molecule has 0 bridgehead atoms. The van der Waals surface area contributed by atoms with Crippen molar-refractivity contribution in [1.29, 1.82) is 0 Å². The molecule has 0 N–H and O–H groups in total. The van der Waals surface area contributed by atoms with Crippen LogP contribution in [0.5, 0.6) is 11.5 Å². The third-order valence-electron chi connectivity index (χ3n) is 8.65. The molecule has 0 aliphatic carbocycles. The van der Waals surface area contributed by atoms with E-state index in [1.54, 1.807) is 24.3 Å². The second kappa shape index (κ2) is 15.7. The first-order chi connectivity index (χ1) is 24.0. The first kappa shape index (κ1) is 36.1. The second-order valence-electron chi connectivity index (χ2n) is 12.9. The topological polar surface area (TPSA) is 51.9 Å². The lowest BCUT2D eigenvalue weighted by Crippen LogP contribution is -2.16. The number of likely N-dealkylation sites (N-methyl/N-ethyl adjacent to an activating group) is 2. The summed E-state index contributed by atoms with van der Waals surface area (Å²) in [6, 6.07) is 22.4. The molecule has 260 valence electrons. The number of carbonyl (C=O) groups is 1. The van der Waals surface area contributed by atoms with Gasteiger partial charge in [0.05, 0.1) is 11.0 Å². The Balaban J connectivity index is 1.33. The molecule has 0 fully saturated rings. The number of benzene rings is 4. The van der Waals surface area contributed by atoms with Crippen LogP contribution >= 0.6 is 46.4 Å². The van der Waals surface area contributed by atoms with Crippen LogP contribution < -0.4 is 9.47 Å². The highest BCUT2D eigenvalue weighted by atomic mass is 35.5. The summed E-state index contributed by atoms with van der Waals surface area (Å²) in [7, 11) is 8.14. The quantitative estimate of drug-likeness (QED) is 0.0921. The molecule has 0 radical (unpaired) electrons. The Morgan fingerprint density at radius 1 is 0.600 bits per heavy atom. The number of hydrogen-bond acceptors (Lipinski definition) is 5. The molecule has 2 aromatic heterocycles. The highest BCUT2D eigenvalue weighted by Crippen LogP contribution is 2.36. The maximum absolute atomic E-state index is 13.6. The van der Waals surface area contributed by atoms with Gasteiger partial charge in [-0.1, -0.05) is 70.7 Å². The summed E-state index contributed by atoms with van der Waals surface area (Å²) in [5.74, 6) is 0.856. The molecular weight excluding hydrogens is 714 g/mol. The third-order valence-corrected chi connectivity index (χ3v) is 9.82. The van der Waals surface area contributed by atoms with Crippen molar-refractivity contribution >= 4 is 74.4 Å². The van der Waals surface area contributed by atoms with Crippen LogP contribution in [0.3, 0.4) is 0 Å². The lowest BCUT2D eigenvalue weighted by atomic mass is 10.1. The zero-order valence-electron chi connectivity index (χ0n) is 28.4. The number of hydrogen-bond donors (Lipinski definition) is 0. The van der Waals surface area contributed by atoms with Gasteiger partial charge in [-0.2, -0.15) is 0 Å². The van der Waals surface area contributed by atoms with Crippen LogP contribution in [0.25, 0.3) is 21.8 Å². The van der Waals surface area contributed by atoms with Crippen molar-refractivity contribution in [3.63, 3.8) is 0 Å². The molecule has 11 heteroatoms. The van der Waals surface area contributed by atoms with E-state index in [1.807, 2.05) is 76.7 Å². The molecular formula is C39H38Cl4N4O3. The maximum atomic E-state index is 13.6. The van der Waals surface area contributed by atoms with Crippen LogP contribution in [0.4, 0.5) is 4.79 Å². The highest BCUT2D eigenvalue weighted by Gasteiger charge is 2.21. The van der Waals surface area contributed by atoms with Gasteiger partial charge in [0.2, 0.25) is 0 Å². The Morgan fingerprint density at radius 2 is 1.02 bits per heavy atom. The molecule has 6 aromatic rings. The van der Waals surface area contributed by atoms with E-state index >= 15 is 0 Å². The molecule has 2 heterocycles. The molecule has 0 amide bonds. The molecule has 0 atom stereocenters. The minimum absolute atomic E-state index is 0.428. The molecule has 0 aliphatic heterocycles. The smallest absolute Gasteiger partial charge is 0.394 e. The van der Waals surface area contributed by atoms with Crippen LogP contribution in [0.1, 0.15) is 22.3 Å². The van der Waals surface area contributed by atoms with Gasteiger partial charge in [-0.05, 0) is 112 Å². The van der Waals surface area contributed by atoms with Crippen molar-refractivity contribution in [2.75, 3.05) is 41.3 Å². The van der Waals surface area contributed by atoms with Gasteiger partial charge in [0, 0.05) is 69.4 Å². The molecule has 6 rings (SSSR count). The summed E-state index contributed by atoms with van der Waals surface area (Å²) in [5.41, 5.74) is 5.80. The maximum Gasteiger partial charge on any atom is 0.519 e. The zero-order chi connectivity index (χ0) is 35.5. The van der Waals surface area contributed by atoms with Gasteiger partial charge < -0.3 is 28.4 Å². The van der Waals surface area contributed by atoms with Gasteiger partial charge in [0.25, 0.3) is 0 Å². The van der Waals surface area contributed by atoms with E-state index in [0.29, 0.717) is 44.7 Å². The van der Waals surface area contributed by atoms with Gasteiger partial charge in [0.1, 0.15) is 11.5 Å². The number of nitrogens with zero attached hydrogens (tertiary/aromatic N) is 4. The standard InChI is InChI=1S/C39H38Cl4N4O3/c1-44(2)17-15-27-23-46(21-25-11-13-29(40)19-31(25)42)33-7-5-9-35(37(27)33)49-39(48)50-36-10-6-8-34-38(36)28(16-18-45(3)4)24-47(34)22-26-12-14-30(41)20-32(26)43/h5-14,19-20,23-24H,15-18,21-22H2,1-4H3. The Morgan fingerprint density at radius 3 is 1.40 bits per heavy atom. The first-order valence-electron chi connectivity index (χ1n) is 16.2. The van der Waals surface area contributed by atoms with Crippen LogP contribution in [0.15, 0.2) is 85.2 Å². The predicted octanol–water partition coefficient (Wildman–Crippen LogP) is 10.1. The van der Waals surface area contributed by atoms with E-state index in [-0.39, 0.29) is 0 Å². The zero-order valence-corrected chi connectivity index (χ0v) is 31.4. The minimum atomic E-state index is -0.816. The Bertz CT molecular complexity index is 2020. The molecule has 0 unspecified atom stereocenters. The lowest BCUT2D eigenvalue weighted by Gasteiger charge is -2.12. The number of carbonyl (C=O) groups excluding carboxylic acids is 1. The van der Waals surface area contributed by atoms with Gasteiger partial charge >= 0.3 is 6.16 Å². The first-order valence-corrected chi connectivity index (χ1v) is 17.8. The van der Waals surface area contributed by atoms with Gasteiger partial charge in [-0.3, -0.25) is 0 Å². The number of ether oxygens (including phenoxy) is 2. The third kappa shape index (κ3) is 8.26. The SMILES string of the molecule is CN(C)CCc1cn(Cc2ccc(Cl)cc2Cl)c2cccc(OC(=O)Oc3cccc4c3c(CCN(C)C)cn4Cc3ccc(Cl)cc3Cl)c12. The largest absolute Gasteiger partial charge is 0.519 e. The number of fused-ring (bicyclic) bond motifs is 2. The van der Waals surface area contributed by atoms with Crippen LogP contribution in [-0.4, -0.2) is 66.4 Å². The fourth-order valence-electron chi connectivity index (χ4n) is 6.17. The van der Waals surface area contributed by atoms with Crippen LogP contribution in [0.2, 0.25) is 20.1 Å². The summed E-state index contributed by atoms with van der Waals surface area (Å²) in [6.07, 6.45) is 4.89. The molecule has 0 saturated heterocycles. The Kier molecular flexibility index (Phi) is 11.3. The van der Waals surface area contributed by atoms with Gasteiger partial charge in [0.15, 0.2) is 0 Å². The monoisotopic (exact) mass is 750 g/mol. The average Bonchev–Trinajstić information content (AvgIpc) is 3.60. The number of halogens is 4. The van der Waals surface area contributed by atoms with Crippen molar-refractivity contribution < 1.29 is 14.3 Å². The van der Waals surface area contributed by atoms with Crippen molar-refractivity contribution in [3.8, 4) is 11.5 Å². The molecule has 7 nitrogen and oxygen atoms in total. The lowest BCUT2D eigenvalue weighted by molar-refractivity contribution is 0.153. The van der Waals surface area contributed by atoms with Crippen LogP contribution in [-0.2, 0) is 25.9 Å². The average molecular weight is 753 g/mol. The normalized spacial score (nSPS) is 11.7. The van der Waals surface area contributed by atoms with Crippen molar-refractivity contribution in [3.05, 3.63) is 128 Å². The summed E-state index contributed by atoms with van der Waals surface area (Å²) in [5, 5.41) is 4.06. The van der Waals surface area contributed by atoms with Crippen LogP contribution in [0, 0.1) is 0 Å². The summed E-state index contributed by atoms with van der Waals surface area (Å²) >= 11 is 25.4. The van der Waals surface area contributed by atoms with E-state index in [1.165, 1.54) is 0 Å². The number of aromatic nitrogens is 2. The summed E-state index contributed by atoms with van der Waals surface area (Å²) < 4.78 is 16.3. The van der Waals surface area contributed by atoms with Crippen molar-refractivity contribution in [2.45, 2.75) is 25.9 Å². The van der Waals surface area contributed by atoms with Gasteiger partial charge in [-0.25, -0.2) is 4.79 Å². The highest BCUT2D eigenvalue weighted by molar-refractivity contribution is 6.35. The molecule has 0 saturated carbocycles. The predicted molar refractivity (Wildman–Crippen MR) is 206 cm³/mol. The second-order valence-corrected chi connectivity index (χ2v) is 14.6. The van der Waals surface area contributed by atoms with E-state index in [4.69, 9.17) is 55.9 Å². The van der Waals surface area contributed by atoms with Gasteiger partial charge in [-0.15, -0.1) is 0 Å². The Hall–Kier alpha value is -3.69. The summed E-state index contributed by atoms with van der Waals surface area (Å²) in [6.45, 7) is 2.68. The molecule has 0 aliphatic rings. The molecule has 0 spiro atoms. The number of rotatable bonds is 12. The molecule has 50 heavy (non-hydrogen) atoms. The van der Waals surface area contributed by atoms with Crippen molar-refractivity contribution in [2.24, 2.45) is 0 Å². The van der Waals surface area contributed by atoms with E-state index < -0.39 is 6.16 Å². The summed E-state index contributed by atoms with van der Waals surface area (Å²) in [4.78, 5) is 17.9. The molecule has 4 aromatic carbocycles. The minimum Gasteiger partial charge on any atom is -0.394 e. The fraction of sp³-hybridized carbons (Fsp3) is 0.256.